The first-order valence-electron chi connectivity index (χ1n) is 15.8. The third-order valence-electron chi connectivity index (χ3n) is 9.99. The first-order valence-corrected chi connectivity index (χ1v) is 16.1. The zero-order chi connectivity index (χ0) is 31.9. The molecule has 0 unspecified atom stereocenters. The monoisotopic (exact) mass is 631 g/mol. The van der Waals surface area contributed by atoms with E-state index in [4.69, 9.17) is 26.3 Å². The minimum Gasteiger partial charge on any atom is -0.465 e. The fourth-order valence-electron chi connectivity index (χ4n) is 7.38. The number of hydrogen-bond acceptors (Lipinski definition) is 8. The molecule has 0 aliphatic carbocycles. The van der Waals surface area contributed by atoms with E-state index in [-0.39, 0.29) is 13.0 Å². The van der Waals surface area contributed by atoms with Gasteiger partial charge in [-0.3, -0.25) is 4.90 Å². The number of fused-ring (bicyclic) bond motifs is 2. The molecule has 0 radical (unpaired) electrons. The van der Waals surface area contributed by atoms with E-state index < -0.39 is 17.0 Å². The number of hydrogen-bond donors (Lipinski definition) is 1. The Labute approximate surface area is 270 Å². The van der Waals surface area contributed by atoms with Gasteiger partial charge in [0, 0.05) is 55.3 Å². The van der Waals surface area contributed by atoms with Gasteiger partial charge in [0.15, 0.2) is 0 Å². The number of likely N-dealkylation sites (tertiary alicyclic amines) is 1. The summed E-state index contributed by atoms with van der Waals surface area (Å²) in [5.41, 5.74) is 1.60. The molecule has 4 heterocycles. The molecule has 6 rings (SSSR count). The fourth-order valence-corrected chi connectivity index (χ4v) is 7.66. The van der Waals surface area contributed by atoms with E-state index in [2.05, 4.69) is 52.1 Å². The molecule has 2 saturated heterocycles. The van der Waals surface area contributed by atoms with Crippen molar-refractivity contribution < 1.29 is 14.6 Å². The van der Waals surface area contributed by atoms with Crippen LogP contribution in [0.1, 0.15) is 44.9 Å². The Kier molecular flexibility index (Phi) is 8.44. The Morgan fingerprint density at radius 3 is 2.60 bits per heavy atom. The third kappa shape index (κ3) is 5.84. The number of ether oxygens (including phenoxy) is 1. The highest BCUT2D eigenvalue weighted by molar-refractivity contribution is 6.36. The highest BCUT2D eigenvalue weighted by Crippen LogP contribution is 2.44. The quantitative estimate of drug-likeness (QED) is 0.368. The van der Waals surface area contributed by atoms with Gasteiger partial charge in [0.25, 0.3) is 0 Å². The van der Waals surface area contributed by atoms with Crippen molar-refractivity contribution in [3.05, 3.63) is 52.7 Å². The lowest BCUT2D eigenvalue weighted by Gasteiger charge is -2.55. The van der Waals surface area contributed by atoms with Gasteiger partial charge in [-0.25, -0.2) is 4.79 Å². The lowest BCUT2D eigenvalue weighted by atomic mass is 9.69. The van der Waals surface area contributed by atoms with Crippen LogP contribution < -0.4 is 14.5 Å². The molecule has 0 bridgehead atoms. The van der Waals surface area contributed by atoms with Gasteiger partial charge in [-0.1, -0.05) is 56.6 Å². The SMILES string of the molecule is CN1CC[C@@H](COc2nc3c(c(N4CCN(C(=O)O)[C@@](CC#N)(C(C)(C)C)C4)n2)CCN(c2cccc4cccc(Cl)c24)C3)C1. The summed E-state index contributed by atoms with van der Waals surface area (Å²) in [4.78, 5) is 30.8. The number of anilines is 2. The number of piperazine rings is 1. The maximum Gasteiger partial charge on any atom is 0.407 e. The maximum atomic E-state index is 12.5. The molecule has 1 aromatic heterocycles. The van der Waals surface area contributed by atoms with Crippen molar-refractivity contribution >= 4 is 40.0 Å². The summed E-state index contributed by atoms with van der Waals surface area (Å²) in [6.07, 6.45) is 0.864. The van der Waals surface area contributed by atoms with Crippen molar-refractivity contribution in [2.24, 2.45) is 11.3 Å². The molecular formula is C34H42ClN7O3. The molecule has 238 valence electrons. The normalized spacial score (nSPS) is 22.4. The number of aromatic nitrogens is 2. The van der Waals surface area contributed by atoms with Gasteiger partial charge in [0.1, 0.15) is 5.82 Å². The average Bonchev–Trinajstić information content (AvgIpc) is 3.43. The Bertz CT molecular complexity index is 1630. The first kappa shape index (κ1) is 31.2. The Hall–Kier alpha value is -3.81. The predicted octanol–water partition coefficient (Wildman–Crippen LogP) is 5.67. The van der Waals surface area contributed by atoms with Gasteiger partial charge in [0.05, 0.1) is 41.9 Å². The third-order valence-corrected chi connectivity index (χ3v) is 10.3. The van der Waals surface area contributed by atoms with Crippen LogP contribution in [0, 0.1) is 22.7 Å². The molecule has 1 amide bonds. The average molecular weight is 632 g/mol. The number of halogens is 1. The van der Waals surface area contributed by atoms with Gasteiger partial charge in [-0.05, 0) is 49.4 Å². The molecule has 3 aromatic rings. The summed E-state index contributed by atoms with van der Waals surface area (Å²) in [5.74, 6) is 1.20. The van der Waals surface area contributed by atoms with E-state index in [1.54, 1.807) is 0 Å². The van der Waals surface area contributed by atoms with Gasteiger partial charge in [0.2, 0.25) is 0 Å². The molecule has 1 N–H and O–H groups in total. The molecule has 0 spiro atoms. The minimum atomic E-state index is -1.00. The fraction of sp³-hybridized carbons (Fsp3) is 0.529. The molecule has 0 saturated carbocycles. The van der Waals surface area contributed by atoms with E-state index in [9.17, 15) is 15.2 Å². The van der Waals surface area contributed by atoms with E-state index in [1.807, 2.05) is 32.9 Å². The van der Waals surface area contributed by atoms with Gasteiger partial charge in [-0.15, -0.1) is 0 Å². The number of amides is 1. The number of nitrogens with zero attached hydrogens (tertiary/aromatic N) is 7. The Morgan fingerprint density at radius 2 is 1.91 bits per heavy atom. The number of carboxylic acid groups (broad SMARTS) is 1. The standard InChI is InChI=1S/C34H42ClN7O3/c1-33(2,3)34(13-14-36)22-41(17-18-42(34)32(43)44)30-25-12-16-40(28-10-6-8-24-7-5-9-26(35)29(24)28)20-27(25)37-31(38-30)45-21-23-11-15-39(4)19-23/h5-10,23H,11-13,15-22H2,1-4H3,(H,43,44)/t23-,34-/m1/s1. The van der Waals surface area contributed by atoms with Crippen LogP contribution in [-0.4, -0.2) is 89.4 Å². The van der Waals surface area contributed by atoms with Crippen molar-refractivity contribution in [2.75, 3.05) is 62.7 Å². The predicted molar refractivity (Wildman–Crippen MR) is 176 cm³/mol. The molecule has 3 aliphatic rings. The molecule has 3 aliphatic heterocycles. The number of carbonyl (C=O) groups is 1. The van der Waals surface area contributed by atoms with Crippen LogP contribution in [0.2, 0.25) is 5.02 Å². The maximum absolute atomic E-state index is 12.5. The van der Waals surface area contributed by atoms with Crippen LogP contribution in [0.15, 0.2) is 36.4 Å². The van der Waals surface area contributed by atoms with Gasteiger partial charge < -0.3 is 24.5 Å². The molecule has 2 aromatic carbocycles. The van der Waals surface area contributed by atoms with Crippen LogP contribution in [-0.2, 0) is 13.0 Å². The summed E-state index contributed by atoms with van der Waals surface area (Å²) in [5, 5.41) is 23.0. The Balaban J connectivity index is 1.39. The lowest BCUT2D eigenvalue weighted by Crippen LogP contribution is -2.69. The molecule has 45 heavy (non-hydrogen) atoms. The van der Waals surface area contributed by atoms with Crippen LogP contribution in [0.4, 0.5) is 16.3 Å². The van der Waals surface area contributed by atoms with E-state index in [0.717, 1.165) is 64.6 Å². The number of nitriles is 1. The smallest absolute Gasteiger partial charge is 0.407 e. The van der Waals surface area contributed by atoms with Gasteiger partial charge >= 0.3 is 12.1 Å². The summed E-state index contributed by atoms with van der Waals surface area (Å²) >= 11 is 6.72. The van der Waals surface area contributed by atoms with Crippen LogP contribution in [0.5, 0.6) is 6.01 Å². The highest BCUT2D eigenvalue weighted by atomic mass is 35.5. The zero-order valence-corrected chi connectivity index (χ0v) is 27.3. The molecule has 11 heteroatoms. The van der Waals surface area contributed by atoms with Crippen LogP contribution in [0.25, 0.3) is 10.8 Å². The summed E-state index contributed by atoms with van der Waals surface area (Å²) in [6, 6.07) is 14.9. The number of rotatable bonds is 6. The summed E-state index contributed by atoms with van der Waals surface area (Å²) in [7, 11) is 2.13. The summed E-state index contributed by atoms with van der Waals surface area (Å²) < 4.78 is 6.32. The molecule has 2 atom stereocenters. The van der Waals surface area contributed by atoms with E-state index in [0.29, 0.717) is 44.6 Å². The van der Waals surface area contributed by atoms with Crippen molar-refractivity contribution in [3.8, 4) is 12.1 Å². The van der Waals surface area contributed by atoms with Gasteiger partial charge in [-0.2, -0.15) is 15.2 Å². The molecular weight excluding hydrogens is 590 g/mol. The highest BCUT2D eigenvalue weighted by Gasteiger charge is 2.52. The topological polar surface area (TPSA) is 109 Å². The van der Waals surface area contributed by atoms with Crippen molar-refractivity contribution in [1.82, 2.24) is 19.8 Å². The molecule has 2 fully saturated rings. The summed E-state index contributed by atoms with van der Waals surface area (Å²) in [6.45, 7) is 11.0. The number of benzene rings is 2. The largest absolute Gasteiger partial charge is 0.465 e. The minimum absolute atomic E-state index is 0.0841. The lowest BCUT2D eigenvalue weighted by molar-refractivity contribution is -0.00290. The van der Waals surface area contributed by atoms with E-state index in [1.165, 1.54) is 4.90 Å². The van der Waals surface area contributed by atoms with Crippen LogP contribution >= 0.6 is 11.6 Å². The molecule has 10 nitrogen and oxygen atoms in total. The second-order valence-corrected chi connectivity index (χ2v) is 14.1. The van der Waals surface area contributed by atoms with Crippen molar-refractivity contribution in [1.29, 1.82) is 5.26 Å². The van der Waals surface area contributed by atoms with Crippen LogP contribution in [0.3, 0.4) is 0 Å². The second kappa shape index (κ2) is 12.2. The van der Waals surface area contributed by atoms with E-state index >= 15 is 0 Å². The second-order valence-electron chi connectivity index (χ2n) is 13.7. The first-order chi connectivity index (χ1) is 21.5. The Morgan fingerprint density at radius 1 is 1.13 bits per heavy atom. The zero-order valence-electron chi connectivity index (χ0n) is 26.6. The van der Waals surface area contributed by atoms with Crippen molar-refractivity contribution in [2.45, 2.75) is 52.1 Å². The van der Waals surface area contributed by atoms with Crippen molar-refractivity contribution in [3.63, 3.8) is 0 Å².